The lowest BCUT2D eigenvalue weighted by Crippen LogP contribution is -2.37. The van der Waals surface area contributed by atoms with Crippen LogP contribution in [0.25, 0.3) is 5.57 Å². The molecule has 2 amide bonds. The fourth-order valence-electron chi connectivity index (χ4n) is 3.52. The highest BCUT2D eigenvalue weighted by Crippen LogP contribution is 2.37. The van der Waals surface area contributed by atoms with Crippen LogP contribution in [0, 0.1) is 0 Å². The van der Waals surface area contributed by atoms with Gasteiger partial charge in [0.2, 0.25) is 0 Å². The number of carbonyl (C=O) groups is 2. The van der Waals surface area contributed by atoms with Gasteiger partial charge in [0.1, 0.15) is 5.70 Å². The molecule has 0 N–H and O–H groups in total. The second-order valence-corrected chi connectivity index (χ2v) is 6.35. The molecule has 0 aromatic heterocycles. The summed E-state index contributed by atoms with van der Waals surface area (Å²) in [5.41, 5.74) is 1.58. The SMILES string of the molecule is C=CCN1C(=O)C(c2ccc(OC)c(OC)c2)=C(N2CCCCC2)C1=O. The molecule has 0 atom stereocenters. The Labute approximate surface area is 153 Å². The number of rotatable bonds is 6. The van der Waals surface area contributed by atoms with Crippen LogP contribution in [-0.2, 0) is 9.59 Å². The van der Waals surface area contributed by atoms with Crippen molar-refractivity contribution in [3.05, 3.63) is 42.1 Å². The number of amides is 2. The van der Waals surface area contributed by atoms with Crippen molar-refractivity contribution in [2.24, 2.45) is 0 Å². The number of nitrogens with zero attached hydrogens (tertiary/aromatic N) is 2. The third-order valence-electron chi connectivity index (χ3n) is 4.80. The number of imide groups is 1. The zero-order chi connectivity index (χ0) is 18.7. The minimum absolute atomic E-state index is 0.200. The van der Waals surface area contributed by atoms with Crippen molar-refractivity contribution in [1.82, 2.24) is 9.80 Å². The predicted octanol–water partition coefficient (Wildman–Crippen LogP) is 2.46. The third kappa shape index (κ3) is 3.07. The molecule has 1 fully saturated rings. The Hall–Kier alpha value is -2.76. The van der Waals surface area contributed by atoms with Gasteiger partial charge in [0.15, 0.2) is 11.5 Å². The summed E-state index contributed by atoms with van der Waals surface area (Å²) in [5, 5.41) is 0. The van der Waals surface area contributed by atoms with Gasteiger partial charge in [-0.3, -0.25) is 14.5 Å². The first-order valence-electron chi connectivity index (χ1n) is 8.81. The zero-order valence-corrected chi connectivity index (χ0v) is 15.3. The lowest BCUT2D eigenvalue weighted by Gasteiger charge is -2.29. The largest absolute Gasteiger partial charge is 0.493 e. The molecule has 0 aliphatic carbocycles. The first-order chi connectivity index (χ1) is 12.6. The van der Waals surface area contributed by atoms with Gasteiger partial charge in [-0.1, -0.05) is 12.1 Å². The van der Waals surface area contributed by atoms with Crippen LogP contribution >= 0.6 is 0 Å². The molecule has 2 heterocycles. The molecule has 2 aliphatic heterocycles. The Balaban J connectivity index is 2.11. The molecule has 138 valence electrons. The fraction of sp³-hybridized carbons (Fsp3) is 0.400. The molecular formula is C20H24N2O4. The van der Waals surface area contributed by atoms with Crippen molar-refractivity contribution in [2.45, 2.75) is 19.3 Å². The molecule has 3 rings (SSSR count). The maximum Gasteiger partial charge on any atom is 0.278 e. The molecule has 26 heavy (non-hydrogen) atoms. The van der Waals surface area contributed by atoms with Gasteiger partial charge in [0.05, 0.1) is 19.8 Å². The normalized spacial score (nSPS) is 17.8. The Morgan fingerprint density at radius 1 is 1.04 bits per heavy atom. The van der Waals surface area contributed by atoms with Crippen molar-refractivity contribution in [2.75, 3.05) is 33.9 Å². The van der Waals surface area contributed by atoms with Crippen LogP contribution in [-0.4, -0.2) is 55.5 Å². The Bertz CT molecular complexity index is 763. The van der Waals surface area contributed by atoms with Gasteiger partial charge in [-0.25, -0.2) is 0 Å². The number of hydrogen-bond donors (Lipinski definition) is 0. The molecule has 1 aromatic carbocycles. The predicted molar refractivity (Wildman–Crippen MR) is 98.8 cm³/mol. The summed E-state index contributed by atoms with van der Waals surface area (Å²) >= 11 is 0. The van der Waals surface area contributed by atoms with Gasteiger partial charge in [-0.2, -0.15) is 0 Å². The molecule has 1 aromatic rings. The lowest BCUT2D eigenvalue weighted by molar-refractivity contribution is -0.136. The number of likely N-dealkylation sites (tertiary alicyclic amines) is 1. The molecule has 0 bridgehead atoms. The molecule has 6 heteroatoms. The Morgan fingerprint density at radius 2 is 1.73 bits per heavy atom. The van der Waals surface area contributed by atoms with Crippen LogP contribution in [0.4, 0.5) is 0 Å². The molecule has 6 nitrogen and oxygen atoms in total. The Kier molecular flexibility index (Phi) is 5.30. The van der Waals surface area contributed by atoms with Crippen molar-refractivity contribution in [1.29, 1.82) is 0 Å². The Morgan fingerprint density at radius 3 is 2.35 bits per heavy atom. The van der Waals surface area contributed by atoms with Gasteiger partial charge in [-0.05, 0) is 37.0 Å². The van der Waals surface area contributed by atoms with E-state index in [1.165, 1.54) is 4.90 Å². The fourth-order valence-corrected chi connectivity index (χ4v) is 3.52. The quantitative estimate of drug-likeness (QED) is 0.579. The summed E-state index contributed by atoms with van der Waals surface area (Å²) in [6, 6.07) is 5.30. The van der Waals surface area contributed by atoms with E-state index in [9.17, 15) is 9.59 Å². The highest BCUT2D eigenvalue weighted by atomic mass is 16.5. The second kappa shape index (κ2) is 7.64. The van der Waals surface area contributed by atoms with Gasteiger partial charge < -0.3 is 14.4 Å². The minimum atomic E-state index is -0.289. The number of hydrogen-bond acceptors (Lipinski definition) is 5. The first-order valence-corrected chi connectivity index (χ1v) is 8.81. The number of ether oxygens (including phenoxy) is 2. The third-order valence-corrected chi connectivity index (χ3v) is 4.80. The van der Waals surface area contributed by atoms with E-state index in [2.05, 4.69) is 6.58 Å². The van der Waals surface area contributed by atoms with Crippen LogP contribution in [0.3, 0.4) is 0 Å². The van der Waals surface area contributed by atoms with Crippen LogP contribution < -0.4 is 9.47 Å². The molecule has 0 saturated carbocycles. The van der Waals surface area contributed by atoms with Crippen LogP contribution in [0.1, 0.15) is 24.8 Å². The van der Waals surface area contributed by atoms with E-state index in [4.69, 9.17) is 9.47 Å². The van der Waals surface area contributed by atoms with Gasteiger partial charge in [-0.15, -0.1) is 6.58 Å². The highest BCUT2D eigenvalue weighted by Gasteiger charge is 2.41. The number of carbonyl (C=O) groups excluding carboxylic acids is 2. The van der Waals surface area contributed by atoms with E-state index in [1.807, 2.05) is 4.90 Å². The van der Waals surface area contributed by atoms with Crippen LogP contribution in [0.5, 0.6) is 11.5 Å². The summed E-state index contributed by atoms with van der Waals surface area (Å²) in [5.74, 6) is 0.568. The van der Waals surface area contributed by atoms with E-state index in [-0.39, 0.29) is 18.4 Å². The monoisotopic (exact) mass is 356 g/mol. The second-order valence-electron chi connectivity index (χ2n) is 6.35. The number of benzene rings is 1. The van der Waals surface area contributed by atoms with E-state index in [0.29, 0.717) is 28.3 Å². The highest BCUT2D eigenvalue weighted by molar-refractivity contribution is 6.35. The van der Waals surface area contributed by atoms with Gasteiger partial charge >= 0.3 is 0 Å². The number of methoxy groups -OCH3 is 2. The van der Waals surface area contributed by atoms with Crippen molar-refractivity contribution in [3.63, 3.8) is 0 Å². The van der Waals surface area contributed by atoms with Crippen molar-refractivity contribution >= 4 is 17.4 Å². The van der Waals surface area contributed by atoms with Crippen molar-refractivity contribution < 1.29 is 19.1 Å². The van der Waals surface area contributed by atoms with Gasteiger partial charge in [0, 0.05) is 19.6 Å². The summed E-state index contributed by atoms with van der Waals surface area (Å²) in [7, 11) is 3.11. The lowest BCUT2D eigenvalue weighted by atomic mass is 10.0. The molecule has 0 unspecified atom stereocenters. The summed E-state index contributed by atoms with van der Waals surface area (Å²) in [4.78, 5) is 29.3. The van der Waals surface area contributed by atoms with E-state index in [1.54, 1.807) is 38.5 Å². The standard InChI is InChI=1S/C20H24N2O4/c1-4-10-22-19(23)17(14-8-9-15(25-2)16(13-14)26-3)18(20(22)24)21-11-6-5-7-12-21/h4,8-9,13H,1,5-7,10-12H2,2-3H3. The van der Waals surface area contributed by atoms with Crippen LogP contribution in [0.15, 0.2) is 36.6 Å². The van der Waals surface area contributed by atoms with E-state index < -0.39 is 0 Å². The molecule has 0 radical (unpaired) electrons. The maximum absolute atomic E-state index is 13.0. The average Bonchev–Trinajstić information content (AvgIpc) is 2.93. The minimum Gasteiger partial charge on any atom is -0.493 e. The molecular weight excluding hydrogens is 332 g/mol. The summed E-state index contributed by atoms with van der Waals surface area (Å²) < 4.78 is 10.6. The molecule has 2 aliphatic rings. The number of piperidine rings is 1. The van der Waals surface area contributed by atoms with E-state index >= 15 is 0 Å². The molecule has 1 saturated heterocycles. The maximum atomic E-state index is 13.0. The van der Waals surface area contributed by atoms with Crippen molar-refractivity contribution in [3.8, 4) is 11.5 Å². The average molecular weight is 356 g/mol. The zero-order valence-electron chi connectivity index (χ0n) is 15.3. The smallest absolute Gasteiger partial charge is 0.278 e. The van der Waals surface area contributed by atoms with Crippen LogP contribution in [0.2, 0.25) is 0 Å². The summed E-state index contributed by atoms with van der Waals surface area (Å²) in [6.45, 7) is 5.43. The molecule has 0 spiro atoms. The van der Waals surface area contributed by atoms with E-state index in [0.717, 1.165) is 32.4 Å². The first kappa shape index (κ1) is 18.0. The summed E-state index contributed by atoms with van der Waals surface area (Å²) in [6.07, 6.45) is 4.76. The topological polar surface area (TPSA) is 59.1 Å². The van der Waals surface area contributed by atoms with Gasteiger partial charge in [0.25, 0.3) is 11.8 Å².